The SMILES string of the molecule is Cc1ccc(F)cc1C(=O)c1cccc(N)n1. The van der Waals surface area contributed by atoms with Crippen molar-refractivity contribution in [1.82, 2.24) is 4.98 Å². The summed E-state index contributed by atoms with van der Waals surface area (Å²) in [6.45, 7) is 1.75. The van der Waals surface area contributed by atoms with Gasteiger partial charge in [0.2, 0.25) is 5.78 Å². The molecule has 2 aromatic rings. The molecule has 0 aliphatic rings. The van der Waals surface area contributed by atoms with Crippen LogP contribution < -0.4 is 5.73 Å². The second-order valence-electron chi connectivity index (χ2n) is 3.74. The second kappa shape index (κ2) is 4.33. The van der Waals surface area contributed by atoms with E-state index in [0.717, 1.165) is 0 Å². The van der Waals surface area contributed by atoms with Crippen molar-refractivity contribution < 1.29 is 9.18 Å². The summed E-state index contributed by atoms with van der Waals surface area (Å²) in [5.74, 6) is -0.498. The third-order valence-electron chi connectivity index (χ3n) is 2.45. The fraction of sp³-hybridized carbons (Fsp3) is 0.0769. The van der Waals surface area contributed by atoms with E-state index in [9.17, 15) is 9.18 Å². The number of carbonyl (C=O) groups excluding carboxylic acids is 1. The number of nitrogens with two attached hydrogens (primary N) is 1. The molecular weight excluding hydrogens is 219 g/mol. The summed E-state index contributed by atoms with van der Waals surface area (Å²) in [4.78, 5) is 16.0. The van der Waals surface area contributed by atoms with Crippen LogP contribution in [0.1, 0.15) is 21.6 Å². The minimum absolute atomic E-state index is 0.221. The van der Waals surface area contributed by atoms with Crippen LogP contribution >= 0.6 is 0 Å². The van der Waals surface area contributed by atoms with Crippen molar-refractivity contribution in [2.24, 2.45) is 0 Å². The van der Waals surface area contributed by atoms with Crippen LogP contribution in [-0.4, -0.2) is 10.8 Å². The van der Waals surface area contributed by atoms with E-state index in [1.54, 1.807) is 31.2 Å². The average Bonchev–Trinajstić information content (AvgIpc) is 2.31. The number of hydrogen-bond donors (Lipinski definition) is 1. The van der Waals surface area contributed by atoms with Crippen molar-refractivity contribution in [3.63, 3.8) is 0 Å². The number of aryl methyl sites for hydroxylation is 1. The van der Waals surface area contributed by atoms with Gasteiger partial charge in [-0.2, -0.15) is 0 Å². The predicted octanol–water partition coefficient (Wildman–Crippen LogP) is 2.34. The van der Waals surface area contributed by atoms with E-state index in [4.69, 9.17) is 5.73 Å². The Labute approximate surface area is 98.1 Å². The number of rotatable bonds is 2. The summed E-state index contributed by atoms with van der Waals surface area (Å²) < 4.78 is 13.1. The third-order valence-corrected chi connectivity index (χ3v) is 2.45. The average molecular weight is 230 g/mol. The highest BCUT2D eigenvalue weighted by atomic mass is 19.1. The fourth-order valence-electron chi connectivity index (χ4n) is 1.55. The Morgan fingerprint density at radius 2 is 2.06 bits per heavy atom. The second-order valence-corrected chi connectivity index (χ2v) is 3.74. The minimum Gasteiger partial charge on any atom is -0.384 e. The Balaban J connectivity index is 2.47. The molecule has 1 aromatic carbocycles. The molecule has 0 bridgehead atoms. The molecule has 0 unspecified atom stereocenters. The molecule has 0 spiro atoms. The van der Waals surface area contributed by atoms with E-state index in [1.807, 2.05) is 0 Å². The van der Waals surface area contributed by atoms with Crippen molar-refractivity contribution >= 4 is 11.6 Å². The first-order valence-corrected chi connectivity index (χ1v) is 5.11. The number of nitrogen functional groups attached to an aromatic ring is 1. The Bertz CT molecular complexity index is 581. The van der Waals surface area contributed by atoms with Crippen LogP contribution in [0.3, 0.4) is 0 Å². The smallest absolute Gasteiger partial charge is 0.211 e. The lowest BCUT2D eigenvalue weighted by atomic mass is 10.0. The standard InChI is InChI=1S/C13H11FN2O/c1-8-5-6-9(14)7-10(8)13(17)11-3-2-4-12(15)16-11/h2-7H,1H3,(H2,15,16). The summed E-state index contributed by atoms with van der Waals surface area (Å²) >= 11 is 0. The van der Waals surface area contributed by atoms with Crippen molar-refractivity contribution in [3.05, 3.63) is 59.0 Å². The molecule has 3 nitrogen and oxygen atoms in total. The number of ketones is 1. The molecular formula is C13H11FN2O. The minimum atomic E-state index is -0.442. The zero-order valence-corrected chi connectivity index (χ0v) is 9.27. The molecule has 86 valence electrons. The van der Waals surface area contributed by atoms with Crippen LogP contribution in [0, 0.1) is 12.7 Å². The number of hydrogen-bond acceptors (Lipinski definition) is 3. The monoisotopic (exact) mass is 230 g/mol. The van der Waals surface area contributed by atoms with Gasteiger partial charge in [0.25, 0.3) is 0 Å². The Morgan fingerprint density at radius 1 is 1.29 bits per heavy atom. The molecule has 0 aliphatic carbocycles. The highest BCUT2D eigenvalue weighted by Crippen LogP contribution is 2.15. The van der Waals surface area contributed by atoms with Gasteiger partial charge < -0.3 is 5.73 Å². The lowest BCUT2D eigenvalue weighted by Crippen LogP contribution is -2.07. The number of nitrogens with zero attached hydrogens (tertiary/aromatic N) is 1. The van der Waals surface area contributed by atoms with Crippen LogP contribution in [0.15, 0.2) is 36.4 Å². The summed E-state index contributed by atoms with van der Waals surface area (Å²) in [6.07, 6.45) is 0. The van der Waals surface area contributed by atoms with Crippen molar-refractivity contribution in [3.8, 4) is 0 Å². The van der Waals surface area contributed by atoms with Crippen LogP contribution in [0.2, 0.25) is 0 Å². The first kappa shape index (κ1) is 11.3. The highest BCUT2D eigenvalue weighted by Gasteiger charge is 2.13. The molecule has 0 fully saturated rings. The largest absolute Gasteiger partial charge is 0.384 e. The summed E-state index contributed by atoms with van der Waals surface area (Å²) in [5.41, 5.74) is 6.74. The maximum absolute atomic E-state index is 13.1. The van der Waals surface area contributed by atoms with Gasteiger partial charge in [0.05, 0.1) is 0 Å². The number of aromatic nitrogens is 1. The van der Waals surface area contributed by atoms with E-state index in [1.165, 1.54) is 12.1 Å². The zero-order chi connectivity index (χ0) is 12.4. The normalized spacial score (nSPS) is 10.2. The van der Waals surface area contributed by atoms with E-state index in [0.29, 0.717) is 11.1 Å². The number of benzene rings is 1. The van der Waals surface area contributed by atoms with E-state index in [2.05, 4.69) is 4.98 Å². The fourth-order valence-corrected chi connectivity index (χ4v) is 1.55. The topological polar surface area (TPSA) is 56.0 Å². The maximum atomic E-state index is 13.1. The molecule has 0 atom stereocenters. The van der Waals surface area contributed by atoms with Gasteiger partial charge in [-0.3, -0.25) is 4.79 Å². The molecule has 17 heavy (non-hydrogen) atoms. The van der Waals surface area contributed by atoms with Gasteiger partial charge in [-0.1, -0.05) is 12.1 Å². The molecule has 0 aliphatic heterocycles. The van der Waals surface area contributed by atoms with Crippen molar-refractivity contribution in [1.29, 1.82) is 0 Å². The van der Waals surface area contributed by atoms with E-state index >= 15 is 0 Å². The first-order valence-electron chi connectivity index (χ1n) is 5.11. The first-order chi connectivity index (χ1) is 8.08. The summed E-state index contributed by atoms with van der Waals surface area (Å²) in [6, 6.07) is 8.89. The molecule has 1 heterocycles. The number of anilines is 1. The Kier molecular flexibility index (Phi) is 2.87. The van der Waals surface area contributed by atoms with Gasteiger partial charge in [0.1, 0.15) is 17.3 Å². The van der Waals surface area contributed by atoms with Crippen molar-refractivity contribution in [2.75, 3.05) is 5.73 Å². The molecule has 0 saturated heterocycles. The predicted molar refractivity (Wildman–Crippen MR) is 63.2 cm³/mol. The molecule has 0 saturated carbocycles. The molecule has 2 N–H and O–H groups in total. The summed E-state index contributed by atoms with van der Waals surface area (Å²) in [5, 5.41) is 0. The van der Waals surface area contributed by atoms with E-state index < -0.39 is 5.82 Å². The Morgan fingerprint density at radius 3 is 2.76 bits per heavy atom. The van der Waals surface area contributed by atoms with Gasteiger partial charge in [0, 0.05) is 5.56 Å². The van der Waals surface area contributed by atoms with Crippen LogP contribution in [0.25, 0.3) is 0 Å². The molecule has 4 heteroatoms. The highest BCUT2D eigenvalue weighted by molar-refractivity contribution is 6.08. The maximum Gasteiger partial charge on any atom is 0.211 e. The number of halogens is 1. The third kappa shape index (κ3) is 2.30. The lowest BCUT2D eigenvalue weighted by Gasteiger charge is -2.05. The number of pyridine rings is 1. The van der Waals surface area contributed by atoms with Crippen molar-refractivity contribution in [2.45, 2.75) is 6.92 Å². The van der Waals surface area contributed by atoms with Gasteiger partial charge in [-0.25, -0.2) is 9.37 Å². The zero-order valence-electron chi connectivity index (χ0n) is 9.27. The van der Waals surface area contributed by atoms with Gasteiger partial charge in [-0.15, -0.1) is 0 Å². The Hall–Kier alpha value is -2.23. The quantitative estimate of drug-likeness (QED) is 0.805. The van der Waals surface area contributed by atoms with Gasteiger partial charge >= 0.3 is 0 Å². The molecule has 1 aromatic heterocycles. The van der Waals surface area contributed by atoms with Crippen LogP contribution in [0.4, 0.5) is 10.2 Å². The van der Waals surface area contributed by atoms with E-state index in [-0.39, 0.29) is 17.3 Å². The van der Waals surface area contributed by atoms with Gasteiger partial charge in [0.15, 0.2) is 0 Å². The number of carbonyl (C=O) groups is 1. The van der Waals surface area contributed by atoms with Crippen LogP contribution in [0.5, 0.6) is 0 Å². The molecule has 0 radical (unpaired) electrons. The molecule has 2 rings (SSSR count). The van der Waals surface area contributed by atoms with Gasteiger partial charge in [-0.05, 0) is 36.8 Å². The molecule has 0 amide bonds. The lowest BCUT2D eigenvalue weighted by molar-refractivity contribution is 0.103. The van der Waals surface area contributed by atoms with Crippen LogP contribution in [-0.2, 0) is 0 Å². The summed E-state index contributed by atoms with van der Waals surface area (Å²) in [7, 11) is 0.